The van der Waals surface area contributed by atoms with Crippen molar-refractivity contribution in [2.75, 3.05) is 5.32 Å². The summed E-state index contributed by atoms with van der Waals surface area (Å²) in [6.07, 6.45) is 0. The van der Waals surface area contributed by atoms with Crippen molar-refractivity contribution in [2.45, 2.75) is 19.9 Å². The largest absolute Gasteiger partial charge is 0.548 e. The fourth-order valence-electron chi connectivity index (χ4n) is 2.29. The van der Waals surface area contributed by atoms with Crippen LogP contribution >= 0.6 is 0 Å². The molecule has 0 fully saturated rings. The first-order valence-electron chi connectivity index (χ1n) is 7.87. The summed E-state index contributed by atoms with van der Waals surface area (Å²) < 4.78 is 0. The van der Waals surface area contributed by atoms with Crippen LogP contribution in [0.2, 0.25) is 0 Å². The third-order valence-corrected chi connectivity index (χ3v) is 3.66. The van der Waals surface area contributed by atoms with Crippen LogP contribution in [0.1, 0.15) is 34.6 Å². The molecule has 2 N–H and O–H groups in total. The number of carboxylic acid groups (broad SMARTS) is 1. The van der Waals surface area contributed by atoms with Crippen LogP contribution in [0.4, 0.5) is 5.69 Å². The molecular formula is C19H19N2O4-. The summed E-state index contributed by atoms with van der Waals surface area (Å²) in [5.74, 6) is -2.64. The van der Waals surface area contributed by atoms with Gasteiger partial charge in [-0.3, -0.25) is 9.59 Å². The van der Waals surface area contributed by atoms with Gasteiger partial charge < -0.3 is 20.5 Å². The van der Waals surface area contributed by atoms with Gasteiger partial charge in [-0.15, -0.1) is 0 Å². The van der Waals surface area contributed by atoms with Gasteiger partial charge in [-0.25, -0.2) is 0 Å². The Morgan fingerprint density at radius 3 is 2.08 bits per heavy atom. The normalized spacial score (nSPS) is 11.6. The highest BCUT2D eigenvalue weighted by Gasteiger charge is 2.20. The van der Waals surface area contributed by atoms with E-state index in [2.05, 4.69) is 10.6 Å². The molecule has 6 heteroatoms. The lowest BCUT2D eigenvalue weighted by atomic mass is 10.0. The van der Waals surface area contributed by atoms with E-state index in [-0.39, 0.29) is 17.4 Å². The Hall–Kier alpha value is -3.15. The molecule has 0 spiro atoms. The topological polar surface area (TPSA) is 98.3 Å². The molecule has 1 atom stereocenters. The van der Waals surface area contributed by atoms with Crippen LogP contribution in [0.25, 0.3) is 0 Å². The highest BCUT2D eigenvalue weighted by molar-refractivity contribution is 6.09. The predicted octanol–water partition coefficient (Wildman–Crippen LogP) is 1.44. The lowest BCUT2D eigenvalue weighted by molar-refractivity contribution is -0.309. The van der Waals surface area contributed by atoms with Gasteiger partial charge in [0.1, 0.15) is 0 Å². The summed E-state index contributed by atoms with van der Waals surface area (Å²) in [6.45, 7) is 3.34. The molecule has 0 saturated heterocycles. The predicted molar refractivity (Wildman–Crippen MR) is 91.9 cm³/mol. The summed E-state index contributed by atoms with van der Waals surface area (Å²) in [7, 11) is 0. The Balaban J connectivity index is 2.21. The molecule has 0 bridgehead atoms. The van der Waals surface area contributed by atoms with Gasteiger partial charge in [-0.1, -0.05) is 44.2 Å². The average Bonchev–Trinajstić information content (AvgIpc) is 2.60. The third-order valence-electron chi connectivity index (χ3n) is 3.66. The lowest BCUT2D eigenvalue weighted by Gasteiger charge is -2.23. The second-order valence-corrected chi connectivity index (χ2v) is 5.88. The Bertz CT molecular complexity index is 772. The first-order valence-corrected chi connectivity index (χ1v) is 7.87. The average molecular weight is 339 g/mol. The molecule has 0 aliphatic rings. The van der Waals surface area contributed by atoms with Gasteiger partial charge in [0.05, 0.1) is 23.3 Å². The zero-order chi connectivity index (χ0) is 18.4. The van der Waals surface area contributed by atoms with Crippen molar-refractivity contribution in [3.63, 3.8) is 0 Å². The van der Waals surface area contributed by atoms with Crippen LogP contribution in [0, 0.1) is 5.92 Å². The van der Waals surface area contributed by atoms with Gasteiger partial charge >= 0.3 is 0 Å². The molecule has 25 heavy (non-hydrogen) atoms. The van der Waals surface area contributed by atoms with Gasteiger partial charge in [0, 0.05) is 5.56 Å². The van der Waals surface area contributed by atoms with Crippen molar-refractivity contribution >= 4 is 23.5 Å². The fourth-order valence-corrected chi connectivity index (χ4v) is 2.29. The number of carbonyl (C=O) groups excluding carboxylic acids is 3. The van der Waals surface area contributed by atoms with Crippen molar-refractivity contribution < 1.29 is 19.5 Å². The first kappa shape index (κ1) is 18.2. The second-order valence-electron chi connectivity index (χ2n) is 5.88. The molecule has 0 aliphatic carbocycles. The number of benzene rings is 2. The first-order chi connectivity index (χ1) is 11.9. The number of rotatable bonds is 6. The third kappa shape index (κ3) is 4.67. The van der Waals surface area contributed by atoms with Gasteiger partial charge in [0.25, 0.3) is 11.8 Å². The van der Waals surface area contributed by atoms with Gasteiger partial charge in [-0.2, -0.15) is 0 Å². The molecule has 0 saturated carbocycles. The maximum absolute atomic E-state index is 12.4. The summed E-state index contributed by atoms with van der Waals surface area (Å²) in [6, 6.07) is 13.9. The molecule has 0 heterocycles. The molecule has 0 aromatic heterocycles. The summed E-state index contributed by atoms with van der Waals surface area (Å²) in [5.41, 5.74) is 0.931. The smallest absolute Gasteiger partial charge is 0.255 e. The van der Waals surface area contributed by atoms with Crippen molar-refractivity contribution in [2.24, 2.45) is 5.92 Å². The van der Waals surface area contributed by atoms with E-state index in [4.69, 9.17) is 0 Å². The second kappa shape index (κ2) is 8.10. The van der Waals surface area contributed by atoms with Crippen LogP contribution in [-0.2, 0) is 4.79 Å². The number of aliphatic carboxylic acids is 1. The zero-order valence-corrected chi connectivity index (χ0v) is 14.0. The van der Waals surface area contributed by atoms with E-state index < -0.39 is 17.9 Å². The quantitative estimate of drug-likeness (QED) is 0.832. The van der Waals surface area contributed by atoms with E-state index in [1.807, 2.05) is 0 Å². The van der Waals surface area contributed by atoms with Gasteiger partial charge in [0.2, 0.25) is 0 Å². The highest BCUT2D eigenvalue weighted by atomic mass is 16.4. The minimum absolute atomic E-state index is 0.179. The van der Waals surface area contributed by atoms with Crippen LogP contribution in [0.15, 0.2) is 54.6 Å². The van der Waals surface area contributed by atoms with Crippen LogP contribution in [0.3, 0.4) is 0 Å². The summed E-state index contributed by atoms with van der Waals surface area (Å²) in [5, 5.41) is 16.3. The number of carbonyl (C=O) groups is 3. The number of hydrogen-bond donors (Lipinski definition) is 2. The van der Waals surface area contributed by atoms with E-state index in [9.17, 15) is 19.5 Å². The Kier molecular flexibility index (Phi) is 5.89. The summed E-state index contributed by atoms with van der Waals surface area (Å²) in [4.78, 5) is 35.9. The maximum Gasteiger partial charge on any atom is 0.255 e. The lowest BCUT2D eigenvalue weighted by Crippen LogP contribution is -2.50. The zero-order valence-electron chi connectivity index (χ0n) is 14.0. The molecule has 2 aromatic carbocycles. The summed E-state index contributed by atoms with van der Waals surface area (Å²) >= 11 is 0. The minimum Gasteiger partial charge on any atom is -0.548 e. The number of amides is 2. The van der Waals surface area contributed by atoms with Crippen molar-refractivity contribution in [3.05, 3.63) is 65.7 Å². The van der Waals surface area contributed by atoms with E-state index in [1.54, 1.807) is 62.4 Å². The molecule has 2 aromatic rings. The molecule has 130 valence electrons. The van der Waals surface area contributed by atoms with E-state index in [0.717, 1.165) is 0 Å². The fraction of sp³-hybridized carbons (Fsp3) is 0.211. The van der Waals surface area contributed by atoms with Gasteiger partial charge in [0.15, 0.2) is 0 Å². The maximum atomic E-state index is 12.4. The molecule has 0 aliphatic heterocycles. The van der Waals surface area contributed by atoms with Crippen LogP contribution < -0.4 is 15.7 Å². The van der Waals surface area contributed by atoms with Crippen molar-refractivity contribution in [3.8, 4) is 0 Å². The number of nitrogens with one attached hydrogen (secondary N) is 2. The molecule has 6 nitrogen and oxygen atoms in total. The van der Waals surface area contributed by atoms with E-state index in [1.165, 1.54) is 6.07 Å². The number of carboxylic acids is 1. The Morgan fingerprint density at radius 1 is 0.880 bits per heavy atom. The van der Waals surface area contributed by atoms with E-state index >= 15 is 0 Å². The Labute approximate surface area is 145 Å². The minimum atomic E-state index is -1.35. The SMILES string of the molecule is CC(C)[C@@H](NC(=O)c1ccccc1NC(=O)c1ccccc1)C(=O)[O-]. The number of hydrogen-bond acceptors (Lipinski definition) is 4. The molecule has 0 radical (unpaired) electrons. The molecule has 2 rings (SSSR count). The Morgan fingerprint density at radius 2 is 1.48 bits per heavy atom. The number of para-hydroxylation sites is 1. The van der Waals surface area contributed by atoms with Crippen molar-refractivity contribution in [1.29, 1.82) is 0 Å². The number of anilines is 1. The molecule has 2 amide bonds. The molecule has 0 unspecified atom stereocenters. The van der Waals surface area contributed by atoms with E-state index in [0.29, 0.717) is 11.3 Å². The molecular weight excluding hydrogens is 320 g/mol. The standard InChI is InChI=1S/C19H20N2O4/c1-12(2)16(19(24)25)21-18(23)14-10-6-7-11-15(14)20-17(22)13-8-4-3-5-9-13/h3-12,16H,1-2H3,(H,20,22)(H,21,23)(H,24,25)/p-1/t16-/m1/s1. The highest BCUT2D eigenvalue weighted by Crippen LogP contribution is 2.17. The van der Waals surface area contributed by atoms with Crippen molar-refractivity contribution in [1.82, 2.24) is 5.32 Å². The van der Waals surface area contributed by atoms with Crippen LogP contribution in [0.5, 0.6) is 0 Å². The van der Waals surface area contributed by atoms with Crippen LogP contribution in [-0.4, -0.2) is 23.8 Å². The van der Waals surface area contributed by atoms with Gasteiger partial charge in [-0.05, 0) is 30.2 Å². The monoisotopic (exact) mass is 339 g/mol.